The van der Waals surface area contributed by atoms with Crippen LogP contribution in [0.25, 0.3) is 0 Å². The number of alkyl halides is 1. The van der Waals surface area contributed by atoms with Crippen molar-refractivity contribution < 1.29 is 14.0 Å². The largest absolute Gasteiger partial charge is 0.343 e. The summed E-state index contributed by atoms with van der Waals surface area (Å²) in [6.07, 6.45) is 2.68. The Morgan fingerprint density at radius 3 is 3.04 bits per heavy atom. The van der Waals surface area contributed by atoms with Crippen molar-refractivity contribution in [2.75, 3.05) is 33.2 Å². The summed E-state index contributed by atoms with van der Waals surface area (Å²) in [5.41, 5.74) is 0. The van der Waals surface area contributed by atoms with Crippen molar-refractivity contribution in [2.45, 2.75) is 38.0 Å². The minimum atomic E-state index is -0.862. The highest BCUT2D eigenvalue weighted by molar-refractivity contribution is 7.09. The van der Waals surface area contributed by atoms with Crippen LogP contribution in [0.2, 0.25) is 0 Å². The van der Waals surface area contributed by atoms with Gasteiger partial charge in [-0.15, -0.1) is 11.3 Å². The number of aromatic nitrogens is 1. The number of rotatable bonds is 6. The molecule has 3 rings (SSSR count). The monoisotopic (exact) mass is 354 g/mol. The zero-order valence-electron chi connectivity index (χ0n) is 13.9. The van der Waals surface area contributed by atoms with Crippen LogP contribution in [-0.2, 0) is 16.1 Å². The molecule has 8 heteroatoms. The molecule has 24 heavy (non-hydrogen) atoms. The van der Waals surface area contributed by atoms with E-state index in [4.69, 9.17) is 0 Å². The number of nitrogens with zero attached hydrogens (tertiary/aromatic N) is 4. The van der Waals surface area contributed by atoms with E-state index in [0.29, 0.717) is 39.0 Å². The Labute approximate surface area is 145 Å². The van der Waals surface area contributed by atoms with Crippen LogP contribution in [0.4, 0.5) is 4.39 Å². The topological polar surface area (TPSA) is 56.8 Å². The second-order valence-corrected chi connectivity index (χ2v) is 7.51. The van der Waals surface area contributed by atoms with Crippen LogP contribution in [0.3, 0.4) is 0 Å². The van der Waals surface area contributed by atoms with E-state index in [1.165, 1.54) is 0 Å². The second kappa shape index (κ2) is 7.57. The van der Waals surface area contributed by atoms with Crippen molar-refractivity contribution >= 4 is 23.2 Å². The molecule has 0 aromatic carbocycles. The fourth-order valence-corrected chi connectivity index (χ4v) is 4.02. The van der Waals surface area contributed by atoms with Crippen LogP contribution in [-0.4, -0.2) is 76.9 Å². The Morgan fingerprint density at radius 2 is 2.38 bits per heavy atom. The van der Waals surface area contributed by atoms with Gasteiger partial charge in [0.15, 0.2) is 0 Å². The van der Waals surface area contributed by atoms with Gasteiger partial charge in [-0.05, 0) is 12.8 Å². The lowest BCUT2D eigenvalue weighted by Crippen LogP contribution is -2.44. The number of hydrogen-bond acceptors (Lipinski definition) is 5. The van der Waals surface area contributed by atoms with Crippen molar-refractivity contribution in [1.29, 1.82) is 0 Å². The molecule has 2 fully saturated rings. The first-order valence-corrected chi connectivity index (χ1v) is 9.19. The first-order chi connectivity index (χ1) is 11.5. The van der Waals surface area contributed by atoms with Crippen LogP contribution in [0, 0.1) is 0 Å². The van der Waals surface area contributed by atoms with Crippen LogP contribution < -0.4 is 0 Å². The lowest BCUT2D eigenvalue weighted by atomic mass is 10.2. The molecule has 2 atom stereocenters. The van der Waals surface area contributed by atoms with Crippen LogP contribution in [0.15, 0.2) is 11.6 Å². The summed E-state index contributed by atoms with van der Waals surface area (Å²) in [5, 5.41) is 2.88. The Balaban J connectivity index is 1.54. The van der Waals surface area contributed by atoms with Crippen molar-refractivity contribution in [1.82, 2.24) is 19.7 Å². The maximum atomic E-state index is 13.9. The molecule has 0 aliphatic carbocycles. The summed E-state index contributed by atoms with van der Waals surface area (Å²) in [6.45, 7) is 2.27. The van der Waals surface area contributed by atoms with E-state index in [2.05, 4.69) is 9.88 Å². The van der Waals surface area contributed by atoms with Crippen LogP contribution >= 0.6 is 11.3 Å². The molecule has 0 unspecified atom stereocenters. The van der Waals surface area contributed by atoms with E-state index in [-0.39, 0.29) is 24.4 Å². The number of hydrogen-bond donors (Lipinski definition) is 0. The molecule has 1 aromatic rings. The fourth-order valence-electron chi connectivity index (χ4n) is 3.38. The summed E-state index contributed by atoms with van der Waals surface area (Å²) >= 11 is 1.56. The minimum Gasteiger partial charge on any atom is -0.343 e. The Hall–Kier alpha value is -1.54. The highest BCUT2D eigenvalue weighted by Crippen LogP contribution is 2.24. The number of carbonyl (C=O) groups excluding carboxylic acids is 2. The van der Waals surface area contributed by atoms with Crippen molar-refractivity contribution in [3.05, 3.63) is 16.6 Å². The van der Waals surface area contributed by atoms with E-state index in [0.717, 1.165) is 11.4 Å². The summed E-state index contributed by atoms with van der Waals surface area (Å²) in [7, 11) is 1.73. The lowest BCUT2D eigenvalue weighted by Gasteiger charge is -2.28. The van der Waals surface area contributed by atoms with Gasteiger partial charge in [0.05, 0.1) is 13.1 Å². The van der Waals surface area contributed by atoms with Crippen molar-refractivity contribution in [3.63, 3.8) is 0 Å². The molecule has 2 aliphatic rings. The van der Waals surface area contributed by atoms with Gasteiger partial charge in [0.2, 0.25) is 11.8 Å². The summed E-state index contributed by atoms with van der Waals surface area (Å²) in [6, 6.07) is -0.00729. The summed E-state index contributed by atoms with van der Waals surface area (Å²) in [4.78, 5) is 33.6. The Morgan fingerprint density at radius 1 is 1.54 bits per heavy atom. The number of amides is 2. The Bertz CT molecular complexity index is 583. The van der Waals surface area contributed by atoms with Gasteiger partial charge < -0.3 is 9.80 Å². The predicted molar refractivity (Wildman–Crippen MR) is 89.3 cm³/mol. The van der Waals surface area contributed by atoms with Crippen LogP contribution in [0.5, 0.6) is 0 Å². The zero-order chi connectivity index (χ0) is 17.1. The minimum absolute atomic E-state index is 0.00729. The maximum absolute atomic E-state index is 13.9. The third-order valence-corrected chi connectivity index (χ3v) is 5.47. The van der Waals surface area contributed by atoms with Gasteiger partial charge >= 0.3 is 0 Å². The van der Waals surface area contributed by atoms with Crippen molar-refractivity contribution in [3.8, 4) is 0 Å². The zero-order valence-corrected chi connectivity index (χ0v) is 14.7. The summed E-state index contributed by atoms with van der Waals surface area (Å²) in [5.74, 6) is -0.0337. The normalized spacial score (nSPS) is 24.8. The quantitative estimate of drug-likeness (QED) is 0.769. The average molecular weight is 354 g/mol. The van der Waals surface area contributed by atoms with Gasteiger partial charge in [0, 0.05) is 50.7 Å². The molecule has 0 saturated carbocycles. The van der Waals surface area contributed by atoms with E-state index < -0.39 is 6.17 Å². The number of carbonyl (C=O) groups is 2. The highest BCUT2D eigenvalue weighted by Gasteiger charge is 2.34. The average Bonchev–Trinajstić information content (AvgIpc) is 3.24. The third-order valence-electron chi connectivity index (χ3n) is 4.71. The van der Waals surface area contributed by atoms with Gasteiger partial charge in [-0.3, -0.25) is 14.5 Å². The van der Waals surface area contributed by atoms with Gasteiger partial charge in [-0.2, -0.15) is 0 Å². The molecule has 132 valence electrons. The smallest absolute Gasteiger partial charge is 0.241 e. The molecule has 3 heterocycles. The second-order valence-electron chi connectivity index (χ2n) is 6.54. The molecule has 0 radical (unpaired) electrons. The van der Waals surface area contributed by atoms with Gasteiger partial charge in [0.1, 0.15) is 11.2 Å². The van der Waals surface area contributed by atoms with Crippen molar-refractivity contribution in [2.24, 2.45) is 0 Å². The molecular weight excluding hydrogens is 331 g/mol. The number of halogens is 1. The summed E-state index contributed by atoms with van der Waals surface area (Å²) < 4.78 is 13.9. The van der Waals surface area contributed by atoms with Gasteiger partial charge in [0.25, 0.3) is 0 Å². The van der Waals surface area contributed by atoms with Crippen LogP contribution in [0.1, 0.15) is 24.3 Å². The molecule has 0 bridgehead atoms. The maximum Gasteiger partial charge on any atom is 0.241 e. The van der Waals surface area contributed by atoms with E-state index in [9.17, 15) is 14.0 Å². The molecule has 6 nitrogen and oxygen atoms in total. The predicted octanol–water partition coefficient (Wildman–Crippen LogP) is 1.14. The molecule has 1 aromatic heterocycles. The SMILES string of the molecule is CN(C[C@@H]1C[C@H](F)CN1Cc1nccs1)C(=O)CN1CCCC1=O. The highest BCUT2D eigenvalue weighted by atomic mass is 32.1. The first kappa shape index (κ1) is 17.3. The van der Waals surface area contributed by atoms with E-state index in [1.54, 1.807) is 34.4 Å². The number of likely N-dealkylation sites (N-methyl/N-ethyl adjacent to an activating group) is 1. The Kier molecular flexibility index (Phi) is 5.45. The number of likely N-dealkylation sites (tertiary alicyclic amines) is 2. The molecule has 0 spiro atoms. The molecule has 0 N–H and O–H groups in total. The molecule has 2 amide bonds. The standard InChI is InChI=1S/C16H23FN4O2S/c1-19(16(23)11-20-5-2-3-15(20)22)9-13-7-12(17)8-21(13)10-14-18-4-6-24-14/h4,6,12-13H,2-3,5,7-11H2,1H3/t12-,13-/m0/s1. The lowest BCUT2D eigenvalue weighted by molar-refractivity contribution is -0.137. The van der Waals surface area contributed by atoms with E-state index in [1.807, 2.05) is 5.38 Å². The first-order valence-electron chi connectivity index (χ1n) is 8.31. The molecular formula is C16H23FN4O2S. The number of thiazole rings is 1. The molecule has 2 aliphatic heterocycles. The fraction of sp³-hybridized carbons (Fsp3) is 0.688. The van der Waals surface area contributed by atoms with E-state index >= 15 is 0 Å². The van der Waals surface area contributed by atoms with Gasteiger partial charge in [-0.1, -0.05) is 0 Å². The molecule has 2 saturated heterocycles. The van der Waals surface area contributed by atoms with Gasteiger partial charge in [-0.25, -0.2) is 9.37 Å². The third kappa shape index (κ3) is 4.10.